The molecule has 38 heavy (non-hydrogen) atoms. The van der Waals surface area contributed by atoms with Gasteiger partial charge in [0.1, 0.15) is 0 Å². The molecule has 2 aromatic heterocycles. The van der Waals surface area contributed by atoms with Gasteiger partial charge < -0.3 is 15.5 Å². The van der Waals surface area contributed by atoms with Crippen molar-refractivity contribution in [3.05, 3.63) is 72.9 Å². The number of allylic oxidation sites excluding steroid dienone is 1. The maximum atomic E-state index is 6.30. The largest absolute Gasteiger partial charge is 0.398 e. The number of benzene rings is 2. The SMILES string of the molecule is C=Cc1c(N)cccc1-c1nc(N(CCC)CCCCC)c2sc(-c3cccc(N(C)C(=C)C)c3)cc2n1. The predicted molar refractivity (Wildman–Crippen MR) is 168 cm³/mol. The lowest BCUT2D eigenvalue weighted by Crippen LogP contribution is -2.26. The number of nitrogens with zero attached hydrogens (tertiary/aromatic N) is 4. The Morgan fingerprint density at radius 3 is 2.53 bits per heavy atom. The second kappa shape index (κ2) is 12.3. The van der Waals surface area contributed by atoms with Gasteiger partial charge in [-0.2, -0.15) is 0 Å². The fraction of sp³-hybridized carbons (Fsp3) is 0.312. The van der Waals surface area contributed by atoms with E-state index in [-0.39, 0.29) is 0 Å². The summed E-state index contributed by atoms with van der Waals surface area (Å²) in [6, 6.07) is 16.7. The Morgan fingerprint density at radius 1 is 1.03 bits per heavy atom. The van der Waals surface area contributed by atoms with E-state index < -0.39 is 0 Å². The van der Waals surface area contributed by atoms with Crippen molar-refractivity contribution in [1.82, 2.24) is 9.97 Å². The second-order valence-electron chi connectivity index (χ2n) is 9.75. The van der Waals surface area contributed by atoms with E-state index in [2.05, 4.69) is 67.1 Å². The molecule has 198 valence electrons. The number of hydrogen-bond acceptors (Lipinski definition) is 6. The second-order valence-corrected chi connectivity index (χ2v) is 10.8. The fourth-order valence-electron chi connectivity index (χ4n) is 4.63. The minimum absolute atomic E-state index is 0.681. The third-order valence-electron chi connectivity index (χ3n) is 6.85. The molecule has 4 aromatic rings. The van der Waals surface area contributed by atoms with E-state index in [9.17, 15) is 0 Å². The van der Waals surface area contributed by atoms with Gasteiger partial charge in [-0.05, 0) is 49.6 Å². The Bertz CT molecular complexity index is 1440. The lowest BCUT2D eigenvalue weighted by Gasteiger charge is -2.24. The average Bonchev–Trinajstić information content (AvgIpc) is 3.36. The summed E-state index contributed by atoms with van der Waals surface area (Å²) in [5, 5.41) is 0. The van der Waals surface area contributed by atoms with Crippen molar-refractivity contribution in [2.75, 3.05) is 35.7 Å². The van der Waals surface area contributed by atoms with Crippen LogP contribution >= 0.6 is 11.3 Å². The van der Waals surface area contributed by atoms with Crippen LogP contribution in [0.4, 0.5) is 17.2 Å². The summed E-state index contributed by atoms with van der Waals surface area (Å²) < 4.78 is 1.12. The highest BCUT2D eigenvalue weighted by atomic mass is 32.1. The average molecular weight is 526 g/mol. The molecule has 6 heteroatoms. The molecule has 0 aliphatic heterocycles. The molecule has 4 rings (SSSR count). The molecular weight excluding hydrogens is 486 g/mol. The molecule has 0 saturated heterocycles. The number of thiophene rings is 1. The van der Waals surface area contributed by atoms with Gasteiger partial charge in [0.25, 0.3) is 0 Å². The van der Waals surface area contributed by atoms with E-state index >= 15 is 0 Å². The first-order valence-electron chi connectivity index (χ1n) is 13.4. The first kappa shape index (κ1) is 27.4. The molecule has 2 heterocycles. The highest BCUT2D eigenvalue weighted by Gasteiger charge is 2.20. The molecule has 0 unspecified atom stereocenters. The van der Waals surface area contributed by atoms with Crippen molar-refractivity contribution in [3.63, 3.8) is 0 Å². The maximum absolute atomic E-state index is 6.30. The minimum atomic E-state index is 0.681. The van der Waals surface area contributed by atoms with Crippen LogP contribution in [-0.4, -0.2) is 30.1 Å². The van der Waals surface area contributed by atoms with Gasteiger partial charge in [0.05, 0.1) is 10.2 Å². The van der Waals surface area contributed by atoms with Gasteiger partial charge in [-0.3, -0.25) is 0 Å². The van der Waals surface area contributed by atoms with Crippen LogP contribution in [0.15, 0.2) is 67.4 Å². The van der Waals surface area contributed by atoms with E-state index in [0.717, 1.165) is 70.0 Å². The molecule has 0 saturated carbocycles. The van der Waals surface area contributed by atoms with Gasteiger partial charge in [-0.15, -0.1) is 11.3 Å². The van der Waals surface area contributed by atoms with Gasteiger partial charge >= 0.3 is 0 Å². The summed E-state index contributed by atoms with van der Waals surface area (Å²) in [5.41, 5.74) is 13.0. The third-order valence-corrected chi connectivity index (χ3v) is 8.02. The minimum Gasteiger partial charge on any atom is -0.398 e. The summed E-state index contributed by atoms with van der Waals surface area (Å²) in [5.74, 6) is 1.69. The lowest BCUT2D eigenvalue weighted by atomic mass is 10.0. The van der Waals surface area contributed by atoms with Crippen LogP contribution < -0.4 is 15.5 Å². The normalized spacial score (nSPS) is 11.1. The standard InChI is InChI=1S/C32H39N5S/c1-7-10-11-19-37(18-8-2)32-30-28(34-31(35-32)26-16-13-17-27(33)25(26)9-3)21-29(38-30)23-14-12-15-24(20-23)36(6)22(4)5/h9,12-17,20-21H,3-4,7-8,10-11,18-19,33H2,1-2,5-6H3. The lowest BCUT2D eigenvalue weighted by molar-refractivity contribution is 0.665. The van der Waals surface area contributed by atoms with Crippen LogP contribution in [0.1, 0.15) is 52.0 Å². The van der Waals surface area contributed by atoms with Gasteiger partial charge in [0, 0.05) is 53.2 Å². The summed E-state index contributed by atoms with van der Waals surface area (Å²) in [6.45, 7) is 16.5. The Kier molecular flexibility index (Phi) is 8.85. The maximum Gasteiger partial charge on any atom is 0.162 e. The number of hydrogen-bond donors (Lipinski definition) is 1. The zero-order valence-electron chi connectivity index (χ0n) is 23.1. The van der Waals surface area contributed by atoms with E-state index in [0.29, 0.717) is 11.5 Å². The molecule has 2 aromatic carbocycles. The number of fused-ring (bicyclic) bond motifs is 1. The van der Waals surface area contributed by atoms with Crippen LogP contribution in [0.3, 0.4) is 0 Å². The Morgan fingerprint density at radius 2 is 1.82 bits per heavy atom. The summed E-state index contributed by atoms with van der Waals surface area (Å²) in [6.07, 6.45) is 6.38. The molecule has 0 amide bonds. The monoisotopic (exact) mass is 525 g/mol. The van der Waals surface area contributed by atoms with Crippen LogP contribution in [0.25, 0.3) is 38.1 Å². The Labute approximate surface area is 231 Å². The Hall–Kier alpha value is -3.64. The fourth-order valence-corrected chi connectivity index (χ4v) is 5.74. The van der Waals surface area contributed by atoms with Gasteiger partial charge in [0.15, 0.2) is 11.6 Å². The number of anilines is 3. The zero-order chi connectivity index (χ0) is 27.2. The van der Waals surface area contributed by atoms with Crippen molar-refractivity contribution in [1.29, 1.82) is 0 Å². The molecule has 0 fully saturated rings. The van der Waals surface area contributed by atoms with Crippen LogP contribution in [0.5, 0.6) is 0 Å². The molecule has 0 spiro atoms. The molecular formula is C32H39N5S. The van der Waals surface area contributed by atoms with Crippen molar-refractivity contribution in [2.24, 2.45) is 0 Å². The van der Waals surface area contributed by atoms with Crippen LogP contribution in [0, 0.1) is 0 Å². The van der Waals surface area contributed by atoms with Crippen LogP contribution in [0.2, 0.25) is 0 Å². The highest BCUT2D eigenvalue weighted by Crippen LogP contribution is 2.40. The summed E-state index contributed by atoms with van der Waals surface area (Å²) >= 11 is 1.76. The molecule has 0 aliphatic carbocycles. The van der Waals surface area contributed by atoms with Gasteiger partial charge in [-0.25, -0.2) is 9.97 Å². The topological polar surface area (TPSA) is 58.3 Å². The van der Waals surface area contributed by atoms with Gasteiger partial charge in [-0.1, -0.05) is 70.2 Å². The smallest absolute Gasteiger partial charge is 0.162 e. The first-order chi connectivity index (χ1) is 18.4. The number of nitrogens with two attached hydrogens (primary N) is 1. The highest BCUT2D eigenvalue weighted by molar-refractivity contribution is 7.22. The van der Waals surface area contributed by atoms with Crippen LogP contribution in [-0.2, 0) is 0 Å². The van der Waals surface area contributed by atoms with Crippen molar-refractivity contribution >= 4 is 44.8 Å². The van der Waals surface area contributed by atoms with Gasteiger partial charge in [0.2, 0.25) is 0 Å². The van der Waals surface area contributed by atoms with Crippen molar-refractivity contribution in [3.8, 4) is 21.8 Å². The molecule has 0 aliphatic rings. The van der Waals surface area contributed by atoms with E-state index in [4.69, 9.17) is 15.7 Å². The zero-order valence-corrected chi connectivity index (χ0v) is 23.9. The molecule has 0 atom stereocenters. The van der Waals surface area contributed by atoms with Crippen molar-refractivity contribution < 1.29 is 0 Å². The number of aromatic nitrogens is 2. The van der Waals surface area contributed by atoms with E-state index in [1.165, 1.54) is 17.7 Å². The third kappa shape index (κ3) is 5.76. The predicted octanol–water partition coefficient (Wildman–Crippen LogP) is 8.63. The molecule has 0 bridgehead atoms. The molecule has 2 N–H and O–H groups in total. The molecule has 5 nitrogen and oxygen atoms in total. The number of unbranched alkanes of at least 4 members (excludes halogenated alkanes) is 2. The van der Waals surface area contributed by atoms with Crippen molar-refractivity contribution in [2.45, 2.75) is 46.5 Å². The van der Waals surface area contributed by atoms with E-state index in [1.807, 2.05) is 32.2 Å². The van der Waals surface area contributed by atoms with E-state index in [1.54, 1.807) is 17.4 Å². The number of rotatable bonds is 12. The first-order valence-corrected chi connectivity index (χ1v) is 14.3. The number of nitrogen functional groups attached to an aromatic ring is 1. The Balaban J connectivity index is 1.91. The summed E-state index contributed by atoms with van der Waals surface area (Å²) in [4.78, 5) is 16.0. The summed E-state index contributed by atoms with van der Waals surface area (Å²) in [7, 11) is 2.05. The molecule has 0 radical (unpaired) electrons. The quantitative estimate of drug-likeness (QED) is 0.148.